The predicted octanol–water partition coefficient (Wildman–Crippen LogP) is 1.62. The van der Waals surface area contributed by atoms with E-state index in [4.69, 9.17) is 11.1 Å². The van der Waals surface area contributed by atoms with Gasteiger partial charge < -0.3 is 22.1 Å². The van der Waals surface area contributed by atoms with Gasteiger partial charge in [-0.25, -0.2) is 0 Å². The van der Waals surface area contributed by atoms with Crippen LogP contribution >= 0.6 is 0 Å². The molecule has 106 valence electrons. The fourth-order valence-corrected chi connectivity index (χ4v) is 1.75. The van der Waals surface area contributed by atoms with Crippen molar-refractivity contribution in [2.24, 2.45) is 17.2 Å². The minimum atomic E-state index is -0.333. The van der Waals surface area contributed by atoms with Gasteiger partial charge >= 0.3 is 0 Å². The van der Waals surface area contributed by atoms with Crippen molar-refractivity contribution in [3.63, 3.8) is 0 Å². The molecule has 7 N–H and O–H groups in total. The van der Waals surface area contributed by atoms with E-state index in [9.17, 15) is 0 Å². The molecule has 0 aliphatic heterocycles. The number of nitrogens with two attached hydrogens (primary N) is 3. The van der Waals surface area contributed by atoms with Gasteiger partial charge in [0, 0.05) is 24.5 Å². The van der Waals surface area contributed by atoms with Crippen LogP contribution in [0.5, 0.6) is 0 Å². The summed E-state index contributed by atoms with van der Waals surface area (Å²) in [6.45, 7) is 1.47. The first-order valence-corrected chi connectivity index (χ1v) is 6.32. The zero-order chi connectivity index (χ0) is 14.8. The van der Waals surface area contributed by atoms with E-state index in [2.05, 4.69) is 40.6 Å². The highest BCUT2D eigenvalue weighted by Crippen LogP contribution is 2.23. The molecule has 0 radical (unpaired) electrons. The lowest BCUT2D eigenvalue weighted by Crippen LogP contribution is -2.24. The van der Waals surface area contributed by atoms with Gasteiger partial charge in [0.2, 0.25) is 0 Å². The number of para-hydroxylation sites is 2. The van der Waals surface area contributed by atoms with E-state index >= 15 is 0 Å². The average molecular weight is 271 g/mol. The van der Waals surface area contributed by atoms with Gasteiger partial charge in [-0.15, -0.1) is 0 Å². The number of benzene rings is 2. The number of guanidine groups is 1. The normalized spacial score (nSPS) is 9.25. The van der Waals surface area contributed by atoms with E-state index in [-0.39, 0.29) is 5.96 Å². The Kier molecular flexibility index (Phi) is 6.64. The molecule has 5 heteroatoms. The number of rotatable bonds is 4. The van der Waals surface area contributed by atoms with E-state index in [1.807, 2.05) is 36.4 Å². The standard InChI is InChI=1S/C14H16N2.CH5N3/c15-11-12-16(13-7-3-1-4-8-13)14-9-5-2-6-10-14;2-1(3)4/h1-10H,11-12,15H2;(H5,2,3,4). The van der Waals surface area contributed by atoms with Crippen molar-refractivity contribution in [3.8, 4) is 0 Å². The molecule has 0 amide bonds. The molecular formula is C15H21N5. The van der Waals surface area contributed by atoms with Gasteiger partial charge in [-0.1, -0.05) is 36.4 Å². The van der Waals surface area contributed by atoms with Gasteiger partial charge in [-0.2, -0.15) is 0 Å². The van der Waals surface area contributed by atoms with Crippen molar-refractivity contribution in [3.05, 3.63) is 60.7 Å². The Balaban J connectivity index is 0.000000444. The number of anilines is 2. The molecule has 2 aromatic rings. The molecular weight excluding hydrogens is 250 g/mol. The first kappa shape index (κ1) is 15.5. The van der Waals surface area contributed by atoms with Gasteiger partial charge in [0.15, 0.2) is 5.96 Å². The van der Waals surface area contributed by atoms with Crippen LogP contribution in [0.25, 0.3) is 0 Å². The van der Waals surface area contributed by atoms with Crippen molar-refractivity contribution < 1.29 is 0 Å². The number of hydrogen-bond acceptors (Lipinski definition) is 3. The Morgan fingerprint density at radius 2 is 1.20 bits per heavy atom. The highest BCUT2D eigenvalue weighted by Gasteiger charge is 2.06. The Morgan fingerprint density at radius 1 is 0.850 bits per heavy atom. The molecule has 0 bridgehead atoms. The fourth-order valence-electron chi connectivity index (χ4n) is 1.75. The molecule has 0 saturated carbocycles. The Hall–Kier alpha value is -2.53. The van der Waals surface area contributed by atoms with Gasteiger partial charge in [-0.05, 0) is 24.3 Å². The largest absolute Gasteiger partial charge is 0.370 e. The summed E-state index contributed by atoms with van der Waals surface area (Å²) in [6, 6.07) is 20.6. The maximum absolute atomic E-state index is 6.06. The quantitative estimate of drug-likeness (QED) is 0.501. The van der Waals surface area contributed by atoms with Crippen molar-refractivity contribution >= 4 is 17.3 Å². The van der Waals surface area contributed by atoms with Crippen LogP contribution in [-0.4, -0.2) is 19.0 Å². The molecule has 2 aromatic carbocycles. The minimum Gasteiger partial charge on any atom is -0.370 e. The second-order valence-electron chi connectivity index (χ2n) is 4.07. The maximum Gasteiger partial charge on any atom is 0.183 e. The third-order valence-electron chi connectivity index (χ3n) is 2.49. The van der Waals surface area contributed by atoms with E-state index < -0.39 is 0 Å². The molecule has 0 fully saturated rings. The first-order valence-electron chi connectivity index (χ1n) is 6.32. The van der Waals surface area contributed by atoms with Crippen molar-refractivity contribution in [2.45, 2.75) is 0 Å². The summed E-state index contributed by atoms with van der Waals surface area (Å²) >= 11 is 0. The molecule has 0 atom stereocenters. The third kappa shape index (κ3) is 5.41. The minimum absolute atomic E-state index is 0.333. The Labute approximate surface area is 119 Å². The summed E-state index contributed by atoms with van der Waals surface area (Å²) in [6.07, 6.45) is 0. The molecule has 0 saturated heterocycles. The van der Waals surface area contributed by atoms with Crippen molar-refractivity contribution in [1.82, 2.24) is 0 Å². The van der Waals surface area contributed by atoms with E-state index in [0.717, 1.165) is 6.54 Å². The lowest BCUT2D eigenvalue weighted by Gasteiger charge is -2.24. The topological polar surface area (TPSA) is 105 Å². The second-order valence-corrected chi connectivity index (χ2v) is 4.07. The lowest BCUT2D eigenvalue weighted by molar-refractivity contribution is 0.922. The summed E-state index contributed by atoms with van der Waals surface area (Å²) in [5.74, 6) is -0.333. The SMILES string of the molecule is N=C(N)N.NCCN(c1ccccc1)c1ccccc1. The highest BCUT2D eigenvalue weighted by molar-refractivity contribution is 5.71. The fraction of sp³-hybridized carbons (Fsp3) is 0.133. The van der Waals surface area contributed by atoms with Crippen LogP contribution in [0.4, 0.5) is 11.4 Å². The summed E-state index contributed by atoms with van der Waals surface area (Å²) in [5.41, 5.74) is 17.0. The molecule has 0 heterocycles. The summed E-state index contributed by atoms with van der Waals surface area (Å²) < 4.78 is 0. The summed E-state index contributed by atoms with van der Waals surface area (Å²) in [7, 11) is 0. The smallest absolute Gasteiger partial charge is 0.183 e. The zero-order valence-corrected chi connectivity index (χ0v) is 11.4. The van der Waals surface area contributed by atoms with Crippen LogP contribution in [-0.2, 0) is 0 Å². The van der Waals surface area contributed by atoms with Crippen LogP contribution in [0.2, 0.25) is 0 Å². The van der Waals surface area contributed by atoms with Crippen LogP contribution in [0.15, 0.2) is 60.7 Å². The number of hydrogen-bond donors (Lipinski definition) is 4. The molecule has 5 nitrogen and oxygen atoms in total. The van der Waals surface area contributed by atoms with Gasteiger partial charge in [0.05, 0.1) is 0 Å². The second kappa shape index (κ2) is 8.55. The molecule has 0 aromatic heterocycles. The van der Waals surface area contributed by atoms with Crippen LogP contribution in [0.1, 0.15) is 0 Å². The number of nitrogens with one attached hydrogen (secondary N) is 1. The highest BCUT2D eigenvalue weighted by atomic mass is 15.1. The molecule has 0 unspecified atom stereocenters. The van der Waals surface area contributed by atoms with Crippen molar-refractivity contribution in [2.75, 3.05) is 18.0 Å². The van der Waals surface area contributed by atoms with E-state index in [1.54, 1.807) is 0 Å². The molecule has 0 aliphatic rings. The molecule has 0 aliphatic carbocycles. The maximum atomic E-state index is 6.06. The Morgan fingerprint density at radius 3 is 1.50 bits per heavy atom. The van der Waals surface area contributed by atoms with E-state index in [1.165, 1.54) is 11.4 Å². The van der Waals surface area contributed by atoms with Crippen LogP contribution in [0.3, 0.4) is 0 Å². The summed E-state index contributed by atoms with van der Waals surface area (Å²) in [5, 5.41) is 6.06. The van der Waals surface area contributed by atoms with Gasteiger partial charge in [-0.3, -0.25) is 5.41 Å². The van der Waals surface area contributed by atoms with E-state index in [0.29, 0.717) is 6.54 Å². The van der Waals surface area contributed by atoms with Crippen molar-refractivity contribution in [1.29, 1.82) is 5.41 Å². The van der Waals surface area contributed by atoms with Crippen LogP contribution < -0.4 is 22.1 Å². The third-order valence-corrected chi connectivity index (χ3v) is 2.49. The van der Waals surface area contributed by atoms with Crippen LogP contribution in [0, 0.1) is 5.41 Å². The molecule has 0 spiro atoms. The lowest BCUT2D eigenvalue weighted by atomic mass is 10.2. The predicted molar refractivity (Wildman–Crippen MR) is 85.0 cm³/mol. The number of nitrogens with zero attached hydrogens (tertiary/aromatic N) is 1. The first-order chi connectivity index (χ1) is 9.65. The van der Waals surface area contributed by atoms with Gasteiger partial charge in [0.1, 0.15) is 0 Å². The molecule has 2 rings (SSSR count). The Bertz CT molecular complexity index is 455. The zero-order valence-electron chi connectivity index (χ0n) is 11.4. The van der Waals surface area contributed by atoms with Gasteiger partial charge in [0.25, 0.3) is 0 Å². The monoisotopic (exact) mass is 271 g/mol. The molecule has 20 heavy (non-hydrogen) atoms. The average Bonchev–Trinajstić information content (AvgIpc) is 2.46. The summed E-state index contributed by atoms with van der Waals surface area (Å²) in [4.78, 5) is 2.22.